The van der Waals surface area contributed by atoms with Crippen LogP contribution >= 0.6 is 24.0 Å². The van der Waals surface area contributed by atoms with E-state index in [4.69, 9.17) is 9.47 Å². The molecule has 0 aliphatic heterocycles. The summed E-state index contributed by atoms with van der Waals surface area (Å²) in [5.74, 6) is 1.96. The van der Waals surface area contributed by atoms with Gasteiger partial charge in [-0.2, -0.15) is 0 Å². The van der Waals surface area contributed by atoms with Crippen molar-refractivity contribution < 1.29 is 14.6 Å². The van der Waals surface area contributed by atoms with Gasteiger partial charge in [0.15, 0.2) is 17.5 Å². The van der Waals surface area contributed by atoms with E-state index in [-0.39, 0.29) is 30.5 Å². The predicted molar refractivity (Wildman–Crippen MR) is 136 cm³/mol. The lowest BCUT2D eigenvalue weighted by Gasteiger charge is -2.21. The number of aliphatic hydroxyl groups excluding tert-OH is 1. The highest BCUT2D eigenvalue weighted by Gasteiger charge is 2.13. The molecule has 0 amide bonds. The summed E-state index contributed by atoms with van der Waals surface area (Å²) < 4.78 is 10.6. The number of nitrogens with one attached hydrogen (secondary N) is 2. The summed E-state index contributed by atoms with van der Waals surface area (Å²) in [7, 11) is 3.18. The van der Waals surface area contributed by atoms with Gasteiger partial charge in [0, 0.05) is 12.6 Å². The van der Waals surface area contributed by atoms with E-state index in [1.807, 2.05) is 13.0 Å². The molecule has 0 heterocycles. The number of benzene rings is 1. The number of hydrogen-bond acceptors (Lipinski definition) is 5. The fourth-order valence-electron chi connectivity index (χ4n) is 3.13. The third-order valence-electron chi connectivity index (χ3n) is 4.95. The molecule has 3 N–H and O–H groups in total. The number of rotatable bonds is 13. The van der Waals surface area contributed by atoms with Crippen molar-refractivity contribution in [2.75, 3.05) is 46.9 Å². The summed E-state index contributed by atoms with van der Waals surface area (Å²) in [6.07, 6.45) is 1.49. The molecule has 0 aliphatic rings. The van der Waals surface area contributed by atoms with E-state index in [1.165, 1.54) is 0 Å². The average molecular weight is 536 g/mol. The minimum Gasteiger partial charge on any atom is -0.493 e. The maximum Gasteiger partial charge on any atom is 0.191 e. The molecule has 0 radical (unpaired) electrons. The van der Waals surface area contributed by atoms with Gasteiger partial charge in [0.2, 0.25) is 0 Å². The Morgan fingerprint density at radius 1 is 1.13 bits per heavy atom. The molecule has 2 unspecified atom stereocenters. The lowest BCUT2D eigenvalue weighted by atomic mass is 10.1. The molecule has 0 aliphatic carbocycles. The fourth-order valence-corrected chi connectivity index (χ4v) is 3.13. The molecule has 0 saturated carbocycles. The lowest BCUT2D eigenvalue weighted by molar-refractivity contribution is 0.186. The van der Waals surface area contributed by atoms with Crippen molar-refractivity contribution in [3.05, 3.63) is 23.8 Å². The SMILES string of the molecule is CCNC(=NCC(O)c1ccc(OC)c(OC)c1)NC(C)CCCN(CC)CC.I. The molecule has 0 fully saturated rings. The van der Waals surface area contributed by atoms with E-state index in [2.05, 4.69) is 41.3 Å². The molecule has 8 heteroatoms. The minimum atomic E-state index is -0.719. The van der Waals surface area contributed by atoms with Crippen molar-refractivity contribution >= 4 is 29.9 Å². The average Bonchev–Trinajstić information content (AvgIpc) is 2.74. The number of aliphatic imine (C=N–C) groups is 1. The summed E-state index contributed by atoms with van der Waals surface area (Å²) >= 11 is 0. The van der Waals surface area contributed by atoms with Crippen molar-refractivity contribution in [3.63, 3.8) is 0 Å². The van der Waals surface area contributed by atoms with Crippen molar-refractivity contribution in [2.24, 2.45) is 4.99 Å². The molecule has 1 rings (SSSR count). The van der Waals surface area contributed by atoms with Crippen molar-refractivity contribution in [1.82, 2.24) is 15.5 Å². The Bertz CT molecular complexity index is 612. The van der Waals surface area contributed by atoms with Crippen LogP contribution in [0.2, 0.25) is 0 Å². The zero-order chi connectivity index (χ0) is 21.6. The molecule has 7 nitrogen and oxygen atoms in total. The van der Waals surface area contributed by atoms with Crippen LogP contribution in [0.3, 0.4) is 0 Å². The molecule has 1 aromatic carbocycles. The highest BCUT2D eigenvalue weighted by atomic mass is 127. The molecule has 2 atom stereocenters. The topological polar surface area (TPSA) is 78.4 Å². The Labute approximate surface area is 199 Å². The van der Waals surface area contributed by atoms with E-state index in [1.54, 1.807) is 26.4 Å². The molecule has 174 valence electrons. The van der Waals surface area contributed by atoms with Crippen LogP contribution in [-0.2, 0) is 0 Å². The molecule has 0 aromatic heterocycles. The van der Waals surface area contributed by atoms with Gasteiger partial charge in [-0.15, -0.1) is 24.0 Å². The van der Waals surface area contributed by atoms with Gasteiger partial charge in [-0.1, -0.05) is 19.9 Å². The zero-order valence-electron chi connectivity index (χ0n) is 19.4. The smallest absolute Gasteiger partial charge is 0.191 e. The number of methoxy groups -OCH3 is 2. The van der Waals surface area contributed by atoms with Gasteiger partial charge in [-0.25, -0.2) is 0 Å². The summed E-state index contributed by atoms with van der Waals surface area (Å²) in [6.45, 7) is 12.9. The normalized spacial score (nSPS) is 13.4. The van der Waals surface area contributed by atoms with Crippen LogP contribution in [0.4, 0.5) is 0 Å². The summed E-state index contributed by atoms with van der Waals surface area (Å²) in [5, 5.41) is 17.2. The van der Waals surface area contributed by atoms with Gasteiger partial charge >= 0.3 is 0 Å². The molecule has 0 saturated heterocycles. The Morgan fingerprint density at radius 3 is 2.37 bits per heavy atom. The lowest BCUT2D eigenvalue weighted by Crippen LogP contribution is -2.42. The first kappa shape index (κ1) is 28.7. The number of guanidine groups is 1. The first-order chi connectivity index (χ1) is 14.0. The van der Waals surface area contributed by atoms with Crippen molar-refractivity contribution in [1.29, 1.82) is 0 Å². The Balaban J connectivity index is 0.00000841. The van der Waals surface area contributed by atoms with E-state index in [0.29, 0.717) is 17.5 Å². The third-order valence-corrected chi connectivity index (χ3v) is 4.95. The monoisotopic (exact) mass is 536 g/mol. The maximum atomic E-state index is 10.5. The Morgan fingerprint density at radius 2 is 1.80 bits per heavy atom. The standard InChI is InChI=1S/C22H40N4O3.HI/c1-7-23-22(25-17(4)11-10-14-26(8-2)9-3)24-16-19(27)18-12-13-20(28-5)21(15-18)29-6;/h12-13,15,17,19,27H,7-11,14,16H2,1-6H3,(H2,23,24,25);1H. The van der Waals surface area contributed by atoms with Crippen LogP contribution < -0.4 is 20.1 Å². The van der Waals surface area contributed by atoms with Crippen LogP contribution in [0, 0.1) is 0 Å². The van der Waals surface area contributed by atoms with Gasteiger partial charge in [0.05, 0.1) is 26.9 Å². The first-order valence-electron chi connectivity index (χ1n) is 10.7. The fraction of sp³-hybridized carbons (Fsp3) is 0.682. The van der Waals surface area contributed by atoms with Gasteiger partial charge in [0.25, 0.3) is 0 Å². The zero-order valence-corrected chi connectivity index (χ0v) is 21.7. The Kier molecular flexibility index (Phi) is 15.7. The second kappa shape index (κ2) is 16.4. The largest absolute Gasteiger partial charge is 0.493 e. The number of aliphatic hydroxyl groups is 1. The molecule has 30 heavy (non-hydrogen) atoms. The molecule has 0 spiro atoms. The van der Waals surface area contributed by atoms with Crippen LogP contribution in [0.15, 0.2) is 23.2 Å². The molecular weight excluding hydrogens is 495 g/mol. The number of nitrogens with zero attached hydrogens (tertiary/aromatic N) is 2. The number of hydrogen-bond donors (Lipinski definition) is 3. The highest BCUT2D eigenvalue weighted by molar-refractivity contribution is 14.0. The van der Waals surface area contributed by atoms with E-state index in [0.717, 1.165) is 50.5 Å². The van der Waals surface area contributed by atoms with Gasteiger partial charge in [-0.05, 0) is 64.0 Å². The van der Waals surface area contributed by atoms with E-state index >= 15 is 0 Å². The maximum absolute atomic E-state index is 10.5. The number of ether oxygens (including phenoxy) is 2. The Hall–Kier alpha value is -1.26. The van der Waals surface area contributed by atoms with Crippen molar-refractivity contribution in [2.45, 2.75) is 52.7 Å². The molecule has 0 bridgehead atoms. The van der Waals surface area contributed by atoms with Crippen LogP contribution in [-0.4, -0.2) is 69.0 Å². The van der Waals surface area contributed by atoms with Gasteiger partial charge < -0.3 is 30.1 Å². The van der Waals surface area contributed by atoms with Crippen LogP contribution in [0.1, 0.15) is 52.2 Å². The quantitative estimate of drug-likeness (QED) is 0.204. The van der Waals surface area contributed by atoms with E-state index < -0.39 is 6.10 Å². The summed E-state index contributed by atoms with van der Waals surface area (Å²) in [4.78, 5) is 7.00. The van der Waals surface area contributed by atoms with Crippen LogP contribution in [0.25, 0.3) is 0 Å². The van der Waals surface area contributed by atoms with Gasteiger partial charge in [-0.3, -0.25) is 4.99 Å². The van der Waals surface area contributed by atoms with Crippen LogP contribution in [0.5, 0.6) is 11.5 Å². The second-order valence-corrected chi connectivity index (χ2v) is 7.06. The number of halogens is 1. The summed E-state index contributed by atoms with van der Waals surface area (Å²) in [5.41, 5.74) is 0.745. The second-order valence-electron chi connectivity index (χ2n) is 7.06. The minimum absolute atomic E-state index is 0. The van der Waals surface area contributed by atoms with E-state index in [9.17, 15) is 5.11 Å². The molecular formula is C22H41IN4O3. The molecule has 1 aromatic rings. The predicted octanol–water partition coefficient (Wildman–Crippen LogP) is 3.42. The third kappa shape index (κ3) is 10.2. The van der Waals surface area contributed by atoms with Crippen molar-refractivity contribution in [3.8, 4) is 11.5 Å². The summed E-state index contributed by atoms with van der Waals surface area (Å²) in [6, 6.07) is 5.72. The highest BCUT2D eigenvalue weighted by Crippen LogP contribution is 2.30. The first-order valence-corrected chi connectivity index (χ1v) is 10.7. The van der Waals surface area contributed by atoms with Gasteiger partial charge in [0.1, 0.15) is 0 Å².